The third kappa shape index (κ3) is 4.18. The van der Waals surface area contributed by atoms with E-state index < -0.39 is 0 Å². The Hall–Kier alpha value is -2.83. The lowest BCUT2D eigenvalue weighted by atomic mass is 10.2. The van der Waals surface area contributed by atoms with Crippen LogP contribution in [-0.4, -0.2) is 60.2 Å². The highest BCUT2D eigenvalue weighted by molar-refractivity contribution is 5.89. The molecule has 1 aromatic heterocycles. The number of hydrogen-bond acceptors (Lipinski definition) is 5. The van der Waals surface area contributed by atoms with Crippen molar-refractivity contribution < 1.29 is 4.79 Å². The molecule has 2 aliphatic rings. The number of anilines is 3. The van der Waals surface area contributed by atoms with E-state index >= 15 is 0 Å². The Labute approximate surface area is 166 Å². The first kappa shape index (κ1) is 18.5. The number of aryl methyl sites for hydroxylation is 2. The second-order valence-electron chi connectivity index (χ2n) is 7.63. The van der Waals surface area contributed by atoms with Crippen molar-refractivity contribution in [2.75, 3.05) is 54.4 Å². The van der Waals surface area contributed by atoms with Crippen LogP contribution in [0.4, 0.5) is 22.2 Å². The van der Waals surface area contributed by atoms with Crippen LogP contribution in [0.25, 0.3) is 0 Å². The second kappa shape index (κ2) is 8.04. The smallest absolute Gasteiger partial charge is 0.321 e. The van der Waals surface area contributed by atoms with Crippen LogP contribution in [0, 0.1) is 13.8 Å². The number of nitrogens with zero attached hydrogens (tertiary/aromatic N) is 5. The van der Waals surface area contributed by atoms with Gasteiger partial charge in [0, 0.05) is 56.7 Å². The Bertz CT molecular complexity index is 823. The van der Waals surface area contributed by atoms with Gasteiger partial charge in [0.05, 0.1) is 0 Å². The number of carbonyl (C=O) groups is 1. The van der Waals surface area contributed by atoms with Gasteiger partial charge in [0.25, 0.3) is 0 Å². The minimum absolute atomic E-state index is 0.0415. The molecule has 0 unspecified atom stereocenters. The standard InChI is InChI=1S/C21H28N6O/c1-16-5-7-18(8-6-16)23-21(28)27-13-11-25(12-14-27)19-15-17(2)22-20(24-19)26-9-3-4-10-26/h5-8,15H,3-4,9-14H2,1-2H3,(H,23,28). The molecule has 0 atom stereocenters. The summed E-state index contributed by atoms with van der Waals surface area (Å²) in [5, 5.41) is 2.98. The van der Waals surface area contributed by atoms with Gasteiger partial charge in [-0.15, -0.1) is 0 Å². The summed E-state index contributed by atoms with van der Waals surface area (Å²) in [7, 11) is 0. The van der Waals surface area contributed by atoms with E-state index in [2.05, 4.69) is 20.1 Å². The number of amides is 2. The van der Waals surface area contributed by atoms with Crippen molar-refractivity contribution in [3.05, 3.63) is 41.6 Å². The molecule has 1 aromatic carbocycles. The Balaban J connectivity index is 1.37. The number of hydrogen-bond donors (Lipinski definition) is 1. The molecule has 28 heavy (non-hydrogen) atoms. The molecule has 7 nitrogen and oxygen atoms in total. The second-order valence-corrected chi connectivity index (χ2v) is 7.63. The largest absolute Gasteiger partial charge is 0.353 e. The first-order chi connectivity index (χ1) is 13.6. The van der Waals surface area contributed by atoms with Gasteiger partial charge in [-0.05, 0) is 38.8 Å². The summed E-state index contributed by atoms with van der Waals surface area (Å²) in [6, 6.07) is 9.88. The number of aromatic nitrogens is 2. The lowest BCUT2D eigenvalue weighted by Gasteiger charge is -2.35. The van der Waals surface area contributed by atoms with Crippen LogP contribution in [-0.2, 0) is 0 Å². The molecule has 2 fully saturated rings. The maximum Gasteiger partial charge on any atom is 0.321 e. The summed E-state index contributed by atoms with van der Waals surface area (Å²) in [6.45, 7) is 9.05. The predicted molar refractivity (Wildman–Crippen MR) is 112 cm³/mol. The van der Waals surface area contributed by atoms with Crippen LogP contribution in [0.15, 0.2) is 30.3 Å². The average molecular weight is 380 g/mol. The van der Waals surface area contributed by atoms with E-state index in [1.807, 2.05) is 49.1 Å². The van der Waals surface area contributed by atoms with Crippen molar-refractivity contribution in [3.8, 4) is 0 Å². The van der Waals surface area contributed by atoms with Gasteiger partial charge in [-0.1, -0.05) is 17.7 Å². The summed E-state index contributed by atoms with van der Waals surface area (Å²) >= 11 is 0. The number of benzene rings is 1. The fourth-order valence-corrected chi connectivity index (χ4v) is 3.74. The van der Waals surface area contributed by atoms with Crippen molar-refractivity contribution in [1.82, 2.24) is 14.9 Å². The first-order valence-electron chi connectivity index (χ1n) is 10.1. The number of piperazine rings is 1. The molecular formula is C21H28N6O. The van der Waals surface area contributed by atoms with E-state index in [1.165, 1.54) is 18.4 Å². The molecule has 148 valence electrons. The molecule has 2 saturated heterocycles. The molecule has 0 saturated carbocycles. The van der Waals surface area contributed by atoms with Crippen molar-refractivity contribution in [2.24, 2.45) is 0 Å². The van der Waals surface area contributed by atoms with Crippen molar-refractivity contribution in [3.63, 3.8) is 0 Å². The fraction of sp³-hybridized carbons (Fsp3) is 0.476. The van der Waals surface area contributed by atoms with Crippen molar-refractivity contribution in [1.29, 1.82) is 0 Å². The maximum absolute atomic E-state index is 12.5. The quantitative estimate of drug-likeness (QED) is 0.887. The van der Waals surface area contributed by atoms with Gasteiger partial charge in [0.1, 0.15) is 5.82 Å². The van der Waals surface area contributed by atoms with Gasteiger partial charge in [-0.25, -0.2) is 9.78 Å². The molecule has 1 N–H and O–H groups in total. The van der Waals surface area contributed by atoms with Crippen LogP contribution in [0.3, 0.4) is 0 Å². The number of nitrogens with one attached hydrogen (secondary N) is 1. The minimum atomic E-state index is -0.0415. The van der Waals surface area contributed by atoms with Gasteiger partial charge in [-0.3, -0.25) is 0 Å². The molecular weight excluding hydrogens is 352 g/mol. The van der Waals surface area contributed by atoms with E-state index in [9.17, 15) is 4.79 Å². The molecule has 2 amide bonds. The molecule has 0 spiro atoms. The topological polar surface area (TPSA) is 64.6 Å². The van der Waals surface area contributed by atoms with E-state index in [1.54, 1.807) is 0 Å². The monoisotopic (exact) mass is 380 g/mol. The zero-order valence-electron chi connectivity index (χ0n) is 16.7. The minimum Gasteiger partial charge on any atom is -0.353 e. The highest BCUT2D eigenvalue weighted by atomic mass is 16.2. The van der Waals surface area contributed by atoms with E-state index in [-0.39, 0.29) is 6.03 Å². The van der Waals surface area contributed by atoms with E-state index in [0.29, 0.717) is 13.1 Å². The Morgan fingerprint density at radius 1 is 0.893 bits per heavy atom. The molecule has 2 aliphatic heterocycles. The van der Waals surface area contributed by atoms with Crippen LogP contribution in [0.2, 0.25) is 0 Å². The molecule has 7 heteroatoms. The van der Waals surface area contributed by atoms with Crippen LogP contribution < -0.4 is 15.1 Å². The molecule has 4 rings (SSSR count). The van der Waals surface area contributed by atoms with Gasteiger partial charge < -0.3 is 20.0 Å². The summed E-state index contributed by atoms with van der Waals surface area (Å²) in [6.07, 6.45) is 2.42. The van der Waals surface area contributed by atoms with Gasteiger partial charge in [0.2, 0.25) is 5.95 Å². The summed E-state index contributed by atoms with van der Waals surface area (Å²) in [5.41, 5.74) is 3.01. The zero-order chi connectivity index (χ0) is 19.5. The lowest BCUT2D eigenvalue weighted by Crippen LogP contribution is -2.50. The number of carbonyl (C=O) groups excluding carboxylic acids is 1. The highest BCUT2D eigenvalue weighted by Crippen LogP contribution is 2.22. The maximum atomic E-state index is 12.5. The van der Waals surface area contributed by atoms with Gasteiger partial charge in [-0.2, -0.15) is 4.98 Å². The Kier molecular flexibility index (Phi) is 5.32. The summed E-state index contributed by atoms with van der Waals surface area (Å²) < 4.78 is 0. The number of urea groups is 1. The lowest BCUT2D eigenvalue weighted by molar-refractivity contribution is 0.208. The highest BCUT2D eigenvalue weighted by Gasteiger charge is 2.23. The zero-order valence-corrected chi connectivity index (χ0v) is 16.7. The third-order valence-electron chi connectivity index (χ3n) is 5.41. The fourth-order valence-electron chi connectivity index (χ4n) is 3.74. The number of rotatable bonds is 3. The summed E-state index contributed by atoms with van der Waals surface area (Å²) in [5.74, 6) is 1.81. The average Bonchev–Trinajstić information content (AvgIpc) is 3.24. The SMILES string of the molecule is Cc1ccc(NC(=O)N2CCN(c3cc(C)nc(N4CCCC4)n3)CC2)cc1. The van der Waals surface area contributed by atoms with E-state index in [4.69, 9.17) is 4.98 Å². The van der Waals surface area contributed by atoms with Crippen molar-refractivity contribution in [2.45, 2.75) is 26.7 Å². The molecule has 0 bridgehead atoms. The van der Waals surface area contributed by atoms with Gasteiger partial charge in [0.15, 0.2) is 0 Å². The normalized spacial score (nSPS) is 17.1. The first-order valence-corrected chi connectivity index (χ1v) is 10.1. The van der Waals surface area contributed by atoms with E-state index in [0.717, 1.165) is 49.3 Å². The molecule has 0 radical (unpaired) electrons. The molecule has 2 aromatic rings. The molecule has 3 heterocycles. The predicted octanol–water partition coefficient (Wildman–Crippen LogP) is 3.05. The Morgan fingerprint density at radius 3 is 2.25 bits per heavy atom. The molecule has 0 aliphatic carbocycles. The summed E-state index contributed by atoms with van der Waals surface area (Å²) in [4.78, 5) is 28.4. The van der Waals surface area contributed by atoms with Crippen molar-refractivity contribution >= 4 is 23.5 Å². The van der Waals surface area contributed by atoms with Crippen LogP contribution in [0.1, 0.15) is 24.1 Å². The van der Waals surface area contributed by atoms with Gasteiger partial charge >= 0.3 is 6.03 Å². The third-order valence-corrected chi connectivity index (χ3v) is 5.41. The van der Waals surface area contributed by atoms with Crippen LogP contribution >= 0.6 is 0 Å². The Morgan fingerprint density at radius 2 is 1.57 bits per heavy atom. The van der Waals surface area contributed by atoms with Crippen LogP contribution in [0.5, 0.6) is 0 Å².